The summed E-state index contributed by atoms with van der Waals surface area (Å²) < 4.78 is 10.9. The van der Waals surface area contributed by atoms with Crippen molar-refractivity contribution in [2.24, 2.45) is 11.7 Å². The second-order valence-electron chi connectivity index (χ2n) is 10.2. The Morgan fingerprint density at radius 1 is 0.933 bits per heavy atom. The number of nitrogens with zero attached hydrogens (tertiary/aromatic N) is 1. The normalized spacial score (nSPS) is 14.3. The minimum Gasteiger partial charge on any atom is -0.449 e. The highest BCUT2D eigenvalue weighted by molar-refractivity contribution is 9.14. The highest BCUT2D eigenvalue weighted by atomic mass is 79.9. The molecule has 1 aromatic carbocycles. The molecule has 0 fully saturated rings. The summed E-state index contributed by atoms with van der Waals surface area (Å²) in [6, 6.07) is 3.76. The molecule has 248 valence electrons. The molecule has 0 saturated heterocycles. The van der Waals surface area contributed by atoms with E-state index in [1.807, 2.05) is 0 Å². The number of carbonyl (C=O) groups excluding carboxylic acids is 6. The van der Waals surface area contributed by atoms with Crippen LogP contribution in [0.2, 0.25) is 0 Å². The van der Waals surface area contributed by atoms with E-state index in [1.165, 1.54) is 0 Å². The van der Waals surface area contributed by atoms with E-state index in [1.54, 1.807) is 38.1 Å². The van der Waals surface area contributed by atoms with Crippen molar-refractivity contribution in [2.75, 3.05) is 38.2 Å². The molecule has 15 nitrogen and oxygen atoms in total. The van der Waals surface area contributed by atoms with Gasteiger partial charge in [-0.15, -0.1) is 0 Å². The van der Waals surface area contributed by atoms with Crippen LogP contribution in [0.1, 0.15) is 38.7 Å². The average Bonchev–Trinajstić information content (AvgIpc) is 3.18. The SMILES string of the molecule is CC(C)[C@H](NC(=O)OCCCOCCN1C(=O)C(Br)=C(Br)C1=O)C(=O)N[C@@H](CCCNC(N)=O)C(=O)Nc1ccc(CO)cc1. The number of imide groups is 1. The van der Waals surface area contributed by atoms with E-state index in [-0.39, 0.29) is 60.8 Å². The fraction of sp³-hybridized carbons (Fsp3) is 0.500. The summed E-state index contributed by atoms with van der Waals surface area (Å²) >= 11 is 6.10. The van der Waals surface area contributed by atoms with Crippen molar-refractivity contribution in [1.29, 1.82) is 0 Å². The number of carbonyl (C=O) groups is 6. The first-order chi connectivity index (χ1) is 21.3. The molecular weight excluding hydrogens is 724 g/mol. The van der Waals surface area contributed by atoms with Crippen molar-refractivity contribution in [3.63, 3.8) is 0 Å². The number of nitrogens with two attached hydrogens (primary N) is 1. The Labute approximate surface area is 277 Å². The Hall–Kier alpha value is -3.54. The molecular formula is C28H38Br2N6O9. The molecule has 2 rings (SSSR count). The van der Waals surface area contributed by atoms with E-state index in [4.69, 9.17) is 15.2 Å². The predicted molar refractivity (Wildman–Crippen MR) is 170 cm³/mol. The van der Waals surface area contributed by atoms with Gasteiger partial charge in [-0.25, -0.2) is 9.59 Å². The average molecular weight is 762 g/mol. The monoisotopic (exact) mass is 760 g/mol. The number of urea groups is 1. The molecule has 0 aliphatic carbocycles. The zero-order chi connectivity index (χ0) is 33.5. The van der Waals surface area contributed by atoms with Crippen LogP contribution in [-0.4, -0.2) is 90.8 Å². The van der Waals surface area contributed by atoms with Crippen LogP contribution in [0.3, 0.4) is 0 Å². The van der Waals surface area contributed by atoms with Crippen molar-refractivity contribution in [2.45, 2.75) is 51.8 Å². The van der Waals surface area contributed by atoms with Crippen LogP contribution < -0.4 is 27.0 Å². The number of hydrogen-bond donors (Lipinski definition) is 6. The minimum absolute atomic E-state index is 0.0224. The predicted octanol–water partition coefficient (Wildman–Crippen LogP) is 1.58. The molecule has 7 amide bonds. The van der Waals surface area contributed by atoms with Crippen LogP contribution in [0.25, 0.3) is 0 Å². The van der Waals surface area contributed by atoms with E-state index < -0.39 is 47.8 Å². The van der Waals surface area contributed by atoms with Gasteiger partial charge in [0.15, 0.2) is 0 Å². The van der Waals surface area contributed by atoms with Crippen molar-refractivity contribution < 1.29 is 43.3 Å². The van der Waals surface area contributed by atoms with E-state index in [9.17, 15) is 33.9 Å². The molecule has 1 heterocycles. The smallest absolute Gasteiger partial charge is 0.407 e. The number of primary amides is 1. The molecule has 1 aliphatic rings. The maximum Gasteiger partial charge on any atom is 0.407 e. The molecule has 45 heavy (non-hydrogen) atoms. The summed E-state index contributed by atoms with van der Waals surface area (Å²) in [5.74, 6) is -2.40. The van der Waals surface area contributed by atoms with Gasteiger partial charge in [-0.05, 0) is 68.3 Å². The first-order valence-electron chi connectivity index (χ1n) is 14.1. The summed E-state index contributed by atoms with van der Waals surface area (Å²) in [4.78, 5) is 74.8. The van der Waals surface area contributed by atoms with Crippen molar-refractivity contribution in [3.8, 4) is 0 Å². The van der Waals surface area contributed by atoms with Crippen molar-refractivity contribution >= 4 is 73.3 Å². The van der Waals surface area contributed by atoms with Crippen molar-refractivity contribution in [1.82, 2.24) is 20.9 Å². The van der Waals surface area contributed by atoms with Gasteiger partial charge in [0.1, 0.15) is 21.0 Å². The molecule has 2 atom stereocenters. The molecule has 0 radical (unpaired) electrons. The third-order valence-corrected chi connectivity index (χ3v) is 8.42. The Balaban J connectivity index is 1.84. The summed E-state index contributed by atoms with van der Waals surface area (Å²) in [6.07, 6.45) is -0.0352. The second-order valence-corrected chi connectivity index (χ2v) is 11.8. The lowest BCUT2D eigenvalue weighted by Crippen LogP contribution is -2.54. The largest absolute Gasteiger partial charge is 0.449 e. The van der Waals surface area contributed by atoms with Crippen molar-refractivity contribution in [3.05, 3.63) is 38.8 Å². The lowest BCUT2D eigenvalue weighted by atomic mass is 10.0. The lowest BCUT2D eigenvalue weighted by molar-refractivity contribution is -0.138. The Morgan fingerprint density at radius 2 is 1.58 bits per heavy atom. The number of aliphatic hydroxyl groups excluding tert-OH is 1. The molecule has 7 N–H and O–H groups in total. The van der Waals surface area contributed by atoms with E-state index in [0.717, 1.165) is 4.90 Å². The lowest BCUT2D eigenvalue weighted by Gasteiger charge is -2.25. The number of rotatable bonds is 18. The van der Waals surface area contributed by atoms with Gasteiger partial charge < -0.3 is 41.6 Å². The standard InChI is InChI=1S/C28H38Br2N6O9/c1-16(2)22(35-28(43)45-13-4-12-44-14-11-36-25(40)20(29)21(30)26(36)41)24(39)34-19(5-3-10-32-27(31)42)23(38)33-18-8-6-17(15-37)7-9-18/h6-9,16,19,22,37H,3-5,10-15H2,1-2H3,(H,33,38)(H,34,39)(H,35,43)(H3,31,32,42)/t19-,22-/m0/s1. The Morgan fingerprint density at radius 3 is 2.16 bits per heavy atom. The van der Waals surface area contributed by atoms with Gasteiger partial charge in [0.05, 0.1) is 26.4 Å². The fourth-order valence-corrected chi connectivity index (χ4v) is 4.75. The minimum atomic E-state index is -1.03. The number of amides is 7. The van der Waals surface area contributed by atoms with E-state index >= 15 is 0 Å². The highest BCUT2D eigenvalue weighted by Gasteiger charge is 2.35. The number of ether oxygens (including phenoxy) is 2. The topological polar surface area (TPSA) is 218 Å². The summed E-state index contributed by atoms with van der Waals surface area (Å²) in [5.41, 5.74) is 6.21. The number of nitrogens with one attached hydrogen (secondary N) is 4. The molecule has 1 aliphatic heterocycles. The van der Waals surface area contributed by atoms with Gasteiger partial charge in [-0.1, -0.05) is 26.0 Å². The third kappa shape index (κ3) is 12.4. The van der Waals surface area contributed by atoms with E-state index in [0.29, 0.717) is 24.1 Å². The second kappa shape index (κ2) is 19.1. The number of halogens is 2. The number of benzene rings is 1. The maximum atomic E-state index is 13.2. The Kier molecular flexibility index (Phi) is 16.0. The molecule has 1 aromatic rings. The first-order valence-corrected chi connectivity index (χ1v) is 15.7. The van der Waals surface area contributed by atoms with Crippen LogP contribution in [0.5, 0.6) is 0 Å². The van der Waals surface area contributed by atoms with Crippen LogP contribution in [0.4, 0.5) is 15.3 Å². The number of aliphatic hydroxyl groups is 1. The van der Waals surface area contributed by atoms with Gasteiger partial charge >= 0.3 is 12.1 Å². The summed E-state index contributed by atoms with van der Waals surface area (Å²) in [5, 5.41) is 19.6. The first kappa shape index (κ1) is 37.6. The van der Waals surface area contributed by atoms with Crippen LogP contribution >= 0.6 is 31.9 Å². The summed E-state index contributed by atoms with van der Waals surface area (Å²) in [7, 11) is 0. The highest BCUT2D eigenvalue weighted by Crippen LogP contribution is 2.29. The van der Waals surface area contributed by atoms with Gasteiger partial charge in [0.2, 0.25) is 11.8 Å². The van der Waals surface area contributed by atoms with Gasteiger partial charge in [0, 0.05) is 25.3 Å². The zero-order valence-corrected chi connectivity index (χ0v) is 28.1. The number of hydrogen-bond acceptors (Lipinski definition) is 9. The maximum absolute atomic E-state index is 13.2. The molecule has 0 unspecified atom stereocenters. The zero-order valence-electron chi connectivity index (χ0n) is 24.9. The molecule has 0 spiro atoms. The van der Waals surface area contributed by atoms with Gasteiger partial charge in [0.25, 0.3) is 11.8 Å². The molecule has 0 saturated carbocycles. The molecule has 0 aromatic heterocycles. The van der Waals surface area contributed by atoms with Crippen LogP contribution in [0, 0.1) is 5.92 Å². The van der Waals surface area contributed by atoms with Gasteiger partial charge in [-0.2, -0.15) is 0 Å². The van der Waals surface area contributed by atoms with E-state index in [2.05, 4.69) is 53.1 Å². The molecule has 17 heteroatoms. The fourth-order valence-electron chi connectivity index (χ4n) is 3.98. The Bertz CT molecular complexity index is 1240. The van der Waals surface area contributed by atoms with Crippen LogP contribution in [-0.2, 0) is 35.3 Å². The third-order valence-electron chi connectivity index (χ3n) is 6.41. The van der Waals surface area contributed by atoms with Gasteiger partial charge in [-0.3, -0.25) is 24.1 Å². The number of anilines is 1. The molecule has 0 bridgehead atoms. The quantitative estimate of drug-likeness (QED) is 0.0944. The number of alkyl carbamates (subject to hydrolysis) is 1. The van der Waals surface area contributed by atoms with Crippen LogP contribution in [0.15, 0.2) is 33.2 Å². The summed E-state index contributed by atoms with van der Waals surface area (Å²) in [6.45, 7) is 3.79.